The molecular weight excluding hydrogens is 404 g/mol. The average Bonchev–Trinajstić information content (AvgIpc) is 2.65. The number of hydrogen-bond acceptors (Lipinski definition) is 4. The smallest absolute Gasteiger partial charge is 0.269 e. The summed E-state index contributed by atoms with van der Waals surface area (Å²) in [6.45, 7) is 1.74. The summed E-state index contributed by atoms with van der Waals surface area (Å²) in [5, 5.41) is 6.95. The summed E-state index contributed by atoms with van der Waals surface area (Å²) in [7, 11) is 0. The lowest BCUT2D eigenvalue weighted by Crippen LogP contribution is -2.82. The molecule has 1 aliphatic heterocycles. The second kappa shape index (κ2) is 7.26. The van der Waals surface area contributed by atoms with Crippen molar-refractivity contribution in [2.24, 2.45) is 0 Å². The molecule has 0 fully saturated rings. The molecule has 0 amide bonds. The Bertz CT molecular complexity index is 1140. The number of guanidine groups is 1. The molecule has 3 aromatic rings. The topological polar surface area (TPSA) is 72.9 Å². The van der Waals surface area contributed by atoms with Crippen LogP contribution in [-0.4, -0.2) is 15.5 Å². The Hall–Kier alpha value is -2.90. The van der Waals surface area contributed by atoms with Crippen LogP contribution in [0.15, 0.2) is 53.3 Å². The van der Waals surface area contributed by atoms with Gasteiger partial charge in [-0.2, -0.15) is 0 Å². The number of nitrogens with zero attached hydrogens (tertiary/aromatic N) is 2. The Labute approximate surface area is 169 Å². The summed E-state index contributed by atoms with van der Waals surface area (Å²) in [5.41, 5.74) is 1.60. The number of benzene rings is 2. The highest BCUT2D eigenvalue weighted by Crippen LogP contribution is 2.29. The van der Waals surface area contributed by atoms with Gasteiger partial charge in [-0.15, -0.1) is 0 Å². The highest BCUT2D eigenvalue weighted by atomic mass is 35.5. The van der Waals surface area contributed by atoms with Crippen LogP contribution in [-0.2, 0) is 0 Å². The maximum absolute atomic E-state index is 13.4. The lowest BCUT2D eigenvalue weighted by Gasteiger charge is -2.23. The Balaban J connectivity index is 1.81. The minimum atomic E-state index is -0.599. The first-order valence-corrected chi connectivity index (χ1v) is 9.15. The summed E-state index contributed by atoms with van der Waals surface area (Å²) in [6, 6.07) is 12.6. The van der Waals surface area contributed by atoms with Gasteiger partial charge in [0.05, 0.1) is 10.0 Å². The zero-order valence-corrected chi connectivity index (χ0v) is 16.1. The van der Waals surface area contributed by atoms with E-state index in [-0.39, 0.29) is 11.4 Å². The Kier molecular flexibility index (Phi) is 4.78. The summed E-state index contributed by atoms with van der Waals surface area (Å²) < 4.78 is 14.8. The minimum absolute atomic E-state index is 0.239. The van der Waals surface area contributed by atoms with Crippen molar-refractivity contribution in [3.63, 3.8) is 0 Å². The fourth-order valence-corrected chi connectivity index (χ4v) is 3.32. The Morgan fingerprint density at radius 2 is 1.96 bits per heavy atom. The number of halogens is 3. The van der Waals surface area contributed by atoms with Gasteiger partial charge >= 0.3 is 5.96 Å². The number of anilines is 2. The average molecular weight is 419 g/mol. The third kappa shape index (κ3) is 3.46. The third-order valence-electron chi connectivity index (χ3n) is 4.25. The summed E-state index contributed by atoms with van der Waals surface area (Å²) in [6.07, 6.45) is -0.599. The summed E-state index contributed by atoms with van der Waals surface area (Å²) in [5.74, 6) is 0.440. The minimum Gasteiger partial charge on any atom is -0.269 e. The van der Waals surface area contributed by atoms with Crippen LogP contribution in [0.5, 0.6) is 0 Å². The fourth-order valence-electron chi connectivity index (χ4n) is 2.97. The van der Waals surface area contributed by atoms with E-state index in [1.165, 1.54) is 22.8 Å². The molecule has 9 heteroatoms. The van der Waals surface area contributed by atoms with Crippen LogP contribution >= 0.6 is 23.2 Å². The SMILES string of the molecule is Cc1cc(=O)n2c(n1)NC(Nc1cccc(Cl)c1Cl)=[NH+]C2c1ccc(F)cc1. The number of aryl methyl sites for hydroxylation is 1. The molecule has 142 valence electrons. The first-order chi connectivity index (χ1) is 13.4. The van der Waals surface area contributed by atoms with Crippen molar-refractivity contribution in [3.8, 4) is 0 Å². The van der Waals surface area contributed by atoms with Crippen molar-refractivity contribution in [3.05, 3.63) is 86.0 Å². The summed E-state index contributed by atoms with van der Waals surface area (Å²) >= 11 is 12.3. The number of aromatic nitrogens is 2. The molecule has 3 N–H and O–H groups in total. The Morgan fingerprint density at radius 3 is 2.71 bits per heavy atom. The van der Waals surface area contributed by atoms with Gasteiger partial charge in [0.1, 0.15) is 11.5 Å². The largest absolute Gasteiger partial charge is 0.357 e. The molecule has 1 unspecified atom stereocenters. The predicted molar refractivity (Wildman–Crippen MR) is 107 cm³/mol. The van der Waals surface area contributed by atoms with Crippen LogP contribution in [0.1, 0.15) is 17.4 Å². The van der Waals surface area contributed by atoms with Gasteiger partial charge in [0.2, 0.25) is 0 Å². The van der Waals surface area contributed by atoms with Gasteiger partial charge in [-0.3, -0.25) is 9.79 Å². The van der Waals surface area contributed by atoms with E-state index in [1.807, 2.05) is 0 Å². The second-order valence-electron chi connectivity index (χ2n) is 6.25. The van der Waals surface area contributed by atoms with Crippen molar-refractivity contribution in [2.75, 3.05) is 10.6 Å². The number of rotatable bonds is 2. The molecule has 0 radical (unpaired) electrons. The first-order valence-electron chi connectivity index (χ1n) is 8.39. The molecule has 0 spiro atoms. The second-order valence-corrected chi connectivity index (χ2v) is 7.04. The van der Waals surface area contributed by atoms with Gasteiger partial charge < -0.3 is 0 Å². The molecule has 1 aromatic heterocycles. The van der Waals surface area contributed by atoms with Crippen molar-refractivity contribution in [1.29, 1.82) is 0 Å². The van der Waals surface area contributed by atoms with E-state index >= 15 is 0 Å². The number of fused-ring (bicyclic) bond motifs is 1. The maximum Gasteiger partial charge on any atom is 0.357 e. The van der Waals surface area contributed by atoms with E-state index in [4.69, 9.17) is 23.2 Å². The normalized spacial score (nSPS) is 15.4. The molecule has 2 aromatic carbocycles. The van der Waals surface area contributed by atoms with Gasteiger partial charge in [0.15, 0.2) is 6.17 Å². The molecule has 0 aliphatic carbocycles. The van der Waals surface area contributed by atoms with Crippen molar-refractivity contribution in [1.82, 2.24) is 9.55 Å². The van der Waals surface area contributed by atoms with Gasteiger partial charge in [0.25, 0.3) is 11.5 Å². The zero-order valence-electron chi connectivity index (χ0n) is 14.6. The van der Waals surface area contributed by atoms with E-state index < -0.39 is 6.17 Å². The lowest BCUT2D eigenvalue weighted by molar-refractivity contribution is -0.520. The highest BCUT2D eigenvalue weighted by Gasteiger charge is 2.29. The van der Waals surface area contributed by atoms with Gasteiger partial charge in [0, 0.05) is 17.3 Å². The molecule has 0 bridgehead atoms. The van der Waals surface area contributed by atoms with Crippen LogP contribution in [0.25, 0.3) is 0 Å². The van der Waals surface area contributed by atoms with E-state index in [2.05, 4.69) is 20.6 Å². The standard InChI is InChI=1S/C19H14Cl2FN5O/c1-10-9-15(28)27-17(11-5-7-12(22)8-6-11)25-18(26-19(27)23-10)24-14-4-2-3-13(20)16(14)21/h2-9,17H,1H3,(H2,23,24,25,26)/p+1. The van der Waals surface area contributed by atoms with E-state index in [0.717, 1.165) is 0 Å². The van der Waals surface area contributed by atoms with Crippen molar-refractivity contribution < 1.29 is 9.38 Å². The highest BCUT2D eigenvalue weighted by molar-refractivity contribution is 6.44. The summed E-state index contributed by atoms with van der Waals surface area (Å²) in [4.78, 5) is 20.2. The van der Waals surface area contributed by atoms with Crippen LogP contribution < -0.4 is 21.2 Å². The van der Waals surface area contributed by atoms with E-state index in [1.54, 1.807) is 37.3 Å². The van der Waals surface area contributed by atoms with Crippen molar-refractivity contribution >= 4 is 40.8 Å². The van der Waals surface area contributed by atoms with E-state index in [9.17, 15) is 9.18 Å². The van der Waals surface area contributed by atoms with Gasteiger partial charge in [-0.25, -0.2) is 24.6 Å². The molecular formula is C19H15Cl2FN5O+. The predicted octanol–water partition coefficient (Wildman–Crippen LogP) is 2.52. The molecule has 28 heavy (non-hydrogen) atoms. The number of nitrogens with one attached hydrogen (secondary N) is 3. The van der Waals surface area contributed by atoms with Crippen molar-refractivity contribution in [2.45, 2.75) is 13.1 Å². The monoisotopic (exact) mass is 418 g/mol. The van der Waals surface area contributed by atoms with Gasteiger partial charge in [-0.1, -0.05) is 41.4 Å². The zero-order chi connectivity index (χ0) is 19.8. The third-order valence-corrected chi connectivity index (χ3v) is 5.07. The molecule has 1 atom stereocenters. The maximum atomic E-state index is 13.4. The molecule has 4 rings (SSSR count). The quantitative estimate of drug-likeness (QED) is 0.597. The van der Waals surface area contributed by atoms with Gasteiger partial charge in [-0.05, 0) is 31.2 Å². The molecule has 1 aliphatic rings. The molecule has 2 heterocycles. The van der Waals surface area contributed by atoms with Crippen LogP contribution in [0.3, 0.4) is 0 Å². The van der Waals surface area contributed by atoms with Crippen LogP contribution in [0.4, 0.5) is 16.0 Å². The van der Waals surface area contributed by atoms with Crippen LogP contribution in [0, 0.1) is 12.7 Å². The Morgan fingerprint density at radius 1 is 1.21 bits per heavy atom. The van der Waals surface area contributed by atoms with E-state index in [0.29, 0.717) is 38.9 Å². The molecule has 0 saturated carbocycles. The number of hydrogen-bond donors (Lipinski definition) is 3. The fraction of sp³-hybridized carbons (Fsp3) is 0.105. The first kappa shape index (κ1) is 18.5. The van der Waals surface area contributed by atoms with Crippen LogP contribution in [0.2, 0.25) is 10.0 Å². The lowest BCUT2D eigenvalue weighted by atomic mass is 10.1. The molecule has 0 saturated heterocycles. The molecule has 6 nitrogen and oxygen atoms in total.